The second kappa shape index (κ2) is 6.20. The predicted octanol–water partition coefficient (Wildman–Crippen LogP) is 3.03. The Hall–Kier alpha value is -1.35. The fourth-order valence-corrected chi connectivity index (χ4v) is 2.86. The zero-order valence-electron chi connectivity index (χ0n) is 11.8. The Morgan fingerprint density at radius 1 is 1.53 bits per heavy atom. The Bertz CT molecular complexity index is 456. The number of fused-ring (bicyclic) bond motifs is 1. The zero-order valence-corrected chi connectivity index (χ0v) is 11.8. The van der Waals surface area contributed by atoms with E-state index in [1.54, 1.807) is 6.92 Å². The zero-order chi connectivity index (χ0) is 13.8. The number of carbonyl (C=O) groups excluding carboxylic acids is 1. The van der Waals surface area contributed by atoms with E-state index in [9.17, 15) is 9.90 Å². The van der Waals surface area contributed by atoms with Crippen LogP contribution in [0.5, 0.6) is 0 Å². The maximum absolute atomic E-state index is 11.3. The minimum atomic E-state index is -0.393. The summed E-state index contributed by atoms with van der Waals surface area (Å²) in [5.74, 6) is 0.0114. The van der Waals surface area contributed by atoms with Crippen LogP contribution in [0.1, 0.15) is 68.4 Å². The van der Waals surface area contributed by atoms with Gasteiger partial charge in [-0.05, 0) is 42.4 Å². The number of nitrogens with one attached hydrogen (secondary N) is 1. The van der Waals surface area contributed by atoms with Crippen LogP contribution >= 0.6 is 0 Å². The van der Waals surface area contributed by atoms with Gasteiger partial charge in [0.1, 0.15) is 0 Å². The summed E-state index contributed by atoms with van der Waals surface area (Å²) in [6, 6.07) is 6.32. The van der Waals surface area contributed by atoms with Crippen molar-refractivity contribution in [3.63, 3.8) is 0 Å². The highest BCUT2D eigenvalue weighted by atomic mass is 16.3. The lowest BCUT2D eigenvalue weighted by atomic mass is 9.85. The number of aliphatic hydroxyl groups excluding tert-OH is 1. The van der Waals surface area contributed by atoms with E-state index < -0.39 is 6.10 Å². The number of carbonyl (C=O) groups is 1. The van der Waals surface area contributed by atoms with Gasteiger partial charge in [-0.25, -0.2) is 0 Å². The number of amides is 1. The van der Waals surface area contributed by atoms with Gasteiger partial charge in [0.25, 0.3) is 0 Å². The molecule has 0 bridgehead atoms. The Morgan fingerprint density at radius 2 is 2.32 bits per heavy atom. The van der Waals surface area contributed by atoms with E-state index in [2.05, 4.69) is 24.4 Å². The van der Waals surface area contributed by atoms with Crippen LogP contribution < -0.4 is 5.32 Å². The highest BCUT2D eigenvalue weighted by Gasteiger charge is 2.22. The molecule has 0 radical (unpaired) electrons. The van der Waals surface area contributed by atoms with Gasteiger partial charge in [0.15, 0.2) is 0 Å². The standard InChI is InChI=1S/C16H23NO2/c1-3-5-16(19)13-9-8-12-6-4-7-15(14(12)10-13)17-11(2)18/h8-10,15-16,19H,3-7H2,1-2H3,(H,17,18). The average molecular weight is 261 g/mol. The lowest BCUT2D eigenvalue weighted by Gasteiger charge is -2.27. The molecule has 19 heavy (non-hydrogen) atoms. The first kappa shape index (κ1) is 14.1. The van der Waals surface area contributed by atoms with Crippen molar-refractivity contribution in [1.29, 1.82) is 0 Å². The minimum absolute atomic E-state index is 0.0114. The van der Waals surface area contributed by atoms with E-state index in [4.69, 9.17) is 0 Å². The third-order valence-corrected chi connectivity index (χ3v) is 3.81. The largest absolute Gasteiger partial charge is 0.388 e. The van der Waals surface area contributed by atoms with Crippen molar-refractivity contribution in [2.45, 2.75) is 58.1 Å². The lowest BCUT2D eigenvalue weighted by molar-refractivity contribution is -0.119. The van der Waals surface area contributed by atoms with E-state index in [0.717, 1.165) is 37.7 Å². The van der Waals surface area contributed by atoms with Crippen LogP contribution in [0.3, 0.4) is 0 Å². The summed E-state index contributed by atoms with van der Waals surface area (Å²) in [6.07, 6.45) is 4.51. The van der Waals surface area contributed by atoms with Gasteiger partial charge in [0, 0.05) is 6.92 Å². The maximum atomic E-state index is 11.3. The molecule has 2 rings (SSSR count). The summed E-state index contributed by atoms with van der Waals surface area (Å²) in [4.78, 5) is 11.3. The van der Waals surface area contributed by atoms with Gasteiger partial charge in [0.05, 0.1) is 12.1 Å². The number of aliphatic hydroxyl groups is 1. The summed E-state index contributed by atoms with van der Waals surface area (Å²) in [7, 11) is 0. The molecule has 0 fully saturated rings. The Morgan fingerprint density at radius 3 is 3.00 bits per heavy atom. The number of hydrogen-bond acceptors (Lipinski definition) is 2. The van der Waals surface area contributed by atoms with Crippen molar-refractivity contribution in [3.05, 3.63) is 34.9 Å². The molecule has 0 saturated heterocycles. The van der Waals surface area contributed by atoms with Gasteiger partial charge in [-0.15, -0.1) is 0 Å². The quantitative estimate of drug-likeness (QED) is 0.875. The van der Waals surface area contributed by atoms with Crippen LogP contribution in [0.4, 0.5) is 0 Å². The molecule has 1 aromatic carbocycles. The van der Waals surface area contributed by atoms with Crippen LogP contribution in [0.15, 0.2) is 18.2 Å². The molecule has 2 N–H and O–H groups in total. The third kappa shape index (κ3) is 3.35. The summed E-state index contributed by atoms with van der Waals surface area (Å²) >= 11 is 0. The van der Waals surface area contributed by atoms with Gasteiger partial charge >= 0.3 is 0 Å². The fraction of sp³-hybridized carbons (Fsp3) is 0.562. The summed E-state index contributed by atoms with van der Waals surface area (Å²) < 4.78 is 0. The van der Waals surface area contributed by atoms with Crippen molar-refractivity contribution < 1.29 is 9.90 Å². The molecule has 104 valence electrons. The molecular weight excluding hydrogens is 238 g/mol. The number of aryl methyl sites for hydroxylation is 1. The molecule has 0 heterocycles. The van der Waals surface area contributed by atoms with Crippen LogP contribution in [0.25, 0.3) is 0 Å². The molecule has 1 aromatic rings. The third-order valence-electron chi connectivity index (χ3n) is 3.81. The second-order valence-corrected chi connectivity index (χ2v) is 5.41. The molecule has 1 aliphatic rings. The number of hydrogen-bond donors (Lipinski definition) is 2. The summed E-state index contributed by atoms with van der Waals surface area (Å²) in [5.41, 5.74) is 3.46. The molecule has 2 atom stereocenters. The van der Waals surface area contributed by atoms with Crippen molar-refractivity contribution in [1.82, 2.24) is 5.32 Å². The topological polar surface area (TPSA) is 49.3 Å². The molecule has 3 nitrogen and oxygen atoms in total. The molecule has 0 saturated carbocycles. The molecule has 3 heteroatoms. The Kier molecular flexibility index (Phi) is 4.59. The van der Waals surface area contributed by atoms with Crippen LogP contribution in [-0.2, 0) is 11.2 Å². The van der Waals surface area contributed by atoms with Gasteiger partial charge in [-0.2, -0.15) is 0 Å². The van der Waals surface area contributed by atoms with Gasteiger partial charge < -0.3 is 10.4 Å². The number of rotatable bonds is 4. The first-order valence-electron chi connectivity index (χ1n) is 7.19. The molecule has 0 aromatic heterocycles. The molecule has 1 amide bonds. The fourth-order valence-electron chi connectivity index (χ4n) is 2.86. The van der Waals surface area contributed by atoms with E-state index in [0.29, 0.717) is 0 Å². The highest BCUT2D eigenvalue weighted by molar-refractivity contribution is 5.73. The average Bonchev–Trinajstić information content (AvgIpc) is 2.38. The monoisotopic (exact) mass is 261 g/mol. The van der Waals surface area contributed by atoms with Crippen molar-refractivity contribution in [2.75, 3.05) is 0 Å². The van der Waals surface area contributed by atoms with Crippen molar-refractivity contribution in [2.24, 2.45) is 0 Å². The Labute approximate surface area is 115 Å². The molecule has 2 unspecified atom stereocenters. The molecule has 0 spiro atoms. The summed E-state index contributed by atoms with van der Waals surface area (Å²) in [5, 5.41) is 13.1. The van der Waals surface area contributed by atoms with Crippen molar-refractivity contribution in [3.8, 4) is 0 Å². The van der Waals surface area contributed by atoms with E-state index in [-0.39, 0.29) is 11.9 Å². The van der Waals surface area contributed by atoms with Gasteiger partial charge in [-0.3, -0.25) is 4.79 Å². The minimum Gasteiger partial charge on any atom is -0.388 e. The molecule has 0 aliphatic heterocycles. The van der Waals surface area contributed by atoms with E-state index in [1.807, 2.05) is 6.07 Å². The molecular formula is C16H23NO2. The van der Waals surface area contributed by atoms with Crippen LogP contribution in [0.2, 0.25) is 0 Å². The van der Waals surface area contributed by atoms with Gasteiger partial charge in [-0.1, -0.05) is 31.5 Å². The first-order valence-corrected chi connectivity index (χ1v) is 7.19. The van der Waals surface area contributed by atoms with E-state index in [1.165, 1.54) is 11.1 Å². The Balaban J connectivity index is 2.27. The normalized spacial score (nSPS) is 19.6. The van der Waals surface area contributed by atoms with Crippen LogP contribution in [0, 0.1) is 0 Å². The van der Waals surface area contributed by atoms with Gasteiger partial charge in [0.2, 0.25) is 5.91 Å². The lowest BCUT2D eigenvalue weighted by Crippen LogP contribution is -2.29. The van der Waals surface area contributed by atoms with Crippen LogP contribution in [-0.4, -0.2) is 11.0 Å². The maximum Gasteiger partial charge on any atom is 0.217 e. The second-order valence-electron chi connectivity index (χ2n) is 5.41. The molecule has 1 aliphatic carbocycles. The summed E-state index contributed by atoms with van der Waals surface area (Å²) in [6.45, 7) is 3.63. The SMILES string of the molecule is CCCC(O)c1ccc2c(c1)C(NC(C)=O)CCC2. The predicted molar refractivity (Wildman–Crippen MR) is 75.8 cm³/mol. The highest BCUT2D eigenvalue weighted by Crippen LogP contribution is 2.32. The van der Waals surface area contributed by atoms with Crippen molar-refractivity contribution >= 4 is 5.91 Å². The smallest absolute Gasteiger partial charge is 0.217 e. The van der Waals surface area contributed by atoms with E-state index >= 15 is 0 Å². The first-order chi connectivity index (χ1) is 9.11. The number of benzene rings is 1.